The van der Waals surface area contributed by atoms with E-state index < -0.39 is 0 Å². The molecule has 2 nitrogen and oxygen atoms in total. The third kappa shape index (κ3) is 3.60. The van der Waals surface area contributed by atoms with Gasteiger partial charge in [0.2, 0.25) is 0 Å². The molecular weight excluding hydrogens is 198 g/mol. The van der Waals surface area contributed by atoms with E-state index in [1.165, 1.54) is 12.8 Å². The molecule has 16 heavy (non-hydrogen) atoms. The van der Waals surface area contributed by atoms with E-state index in [0.717, 1.165) is 24.2 Å². The first-order valence-electron chi connectivity index (χ1n) is 5.84. The van der Waals surface area contributed by atoms with Crippen LogP contribution in [-0.4, -0.2) is 12.6 Å². The summed E-state index contributed by atoms with van der Waals surface area (Å²) in [6.07, 6.45) is 4.69. The minimum absolute atomic E-state index is 0.460. The highest BCUT2D eigenvalue weighted by atomic mass is 16.5. The molecule has 2 heteroatoms. The molecule has 1 aromatic rings. The standard InChI is InChI=1S/C14H17NO/c15-11-3-1-2-4-12-5-7-13(8-6-12)16-14-9-10-14/h5-8,14H,1,3,9-11,15H2. The number of hydrogen-bond donors (Lipinski definition) is 1. The summed E-state index contributed by atoms with van der Waals surface area (Å²) in [5.41, 5.74) is 6.44. The molecule has 0 spiro atoms. The van der Waals surface area contributed by atoms with Crippen molar-refractivity contribution < 1.29 is 4.74 Å². The van der Waals surface area contributed by atoms with Crippen molar-refractivity contribution >= 4 is 0 Å². The third-order valence-electron chi connectivity index (χ3n) is 2.42. The summed E-state index contributed by atoms with van der Waals surface area (Å²) in [4.78, 5) is 0. The van der Waals surface area contributed by atoms with E-state index in [2.05, 4.69) is 11.8 Å². The van der Waals surface area contributed by atoms with Crippen LogP contribution in [0.4, 0.5) is 0 Å². The van der Waals surface area contributed by atoms with E-state index in [4.69, 9.17) is 10.5 Å². The normalized spacial score (nSPS) is 14.1. The number of nitrogens with two attached hydrogens (primary N) is 1. The van der Waals surface area contributed by atoms with Crippen LogP contribution in [-0.2, 0) is 0 Å². The molecule has 0 unspecified atom stereocenters. The average Bonchev–Trinajstić information content (AvgIpc) is 3.11. The molecular formula is C14H17NO. The van der Waals surface area contributed by atoms with Crippen LogP contribution in [0.5, 0.6) is 5.75 Å². The number of benzene rings is 1. The van der Waals surface area contributed by atoms with Gasteiger partial charge in [-0.25, -0.2) is 0 Å². The summed E-state index contributed by atoms with van der Waals surface area (Å²) in [6.45, 7) is 0.711. The Balaban J connectivity index is 1.87. The van der Waals surface area contributed by atoms with Crippen LogP contribution >= 0.6 is 0 Å². The maximum atomic E-state index is 5.66. The Morgan fingerprint density at radius 1 is 1.25 bits per heavy atom. The molecule has 0 amide bonds. The van der Waals surface area contributed by atoms with Gasteiger partial charge in [-0.3, -0.25) is 0 Å². The number of hydrogen-bond acceptors (Lipinski definition) is 2. The summed E-state index contributed by atoms with van der Waals surface area (Å²) in [5, 5.41) is 0. The SMILES string of the molecule is NCCCC#Cc1ccc(OC2CC2)cc1. The number of ether oxygens (including phenoxy) is 1. The molecule has 84 valence electrons. The molecule has 0 radical (unpaired) electrons. The Morgan fingerprint density at radius 2 is 2.00 bits per heavy atom. The molecule has 1 aliphatic rings. The highest BCUT2D eigenvalue weighted by Gasteiger charge is 2.23. The van der Waals surface area contributed by atoms with Crippen molar-refractivity contribution in [2.75, 3.05) is 6.54 Å². The van der Waals surface area contributed by atoms with E-state index in [1.54, 1.807) is 0 Å². The summed E-state index contributed by atoms with van der Waals surface area (Å²) < 4.78 is 5.66. The molecule has 0 heterocycles. The van der Waals surface area contributed by atoms with Gasteiger partial charge < -0.3 is 10.5 Å². The zero-order valence-corrected chi connectivity index (χ0v) is 9.41. The Kier molecular flexibility index (Phi) is 3.85. The summed E-state index contributed by atoms with van der Waals surface area (Å²) in [6, 6.07) is 8.00. The van der Waals surface area contributed by atoms with Crippen LogP contribution in [0.25, 0.3) is 0 Å². The molecule has 1 aromatic carbocycles. The second-order valence-corrected chi connectivity index (χ2v) is 4.04. The third-order valence-corrected chi connectivity index (χ3v) is 2.42. The van der Waals surface area contributed by atoms with Gasteiger partial charge in [0.15, 0.2) is 0 Å². The molecule has 0 saturated heterocycles. The van der Waals surface area contributed by atoms with Crippen LogP contribution in [0, 0.1) is 11.8 Å². The van der Waals surface area contributed by atoms with E-state index in [-0.39, 0.29) is 0 Å². The van der Waals surface area contributed by atoms with Gasteiger partial charge in [0.05, 0.1) is 6.10 Å². The molecule has 2 N–H and O–H groups in total. The van der Waals surface area contributed by atoms with Crippen molar-refractivity contribution in [1.29, 1.82) is 0 Å². The predicted octanol–water partition coefficient (Wildman–Crippen LogP) is 2.32. The maximum Gasteiger partial charge on any atom is 0.119 e. The second kappa shape index (κ2) is 5.58. The highest BCUT2D eigenvalue weighted by molar-refractivity contribution is 5.38. The van der Waals surface area contributed by atoms with Gasteiger partial charge in [-0.1, -0.05) is 11.8 Å². The van der Waals surface area contributed by atoms with Crippen molar-refractivity contribution in [2.24, 2.45) is 5.73 Å². The zero-order chi connectivity index (χ0) is 11.2. The van der Waals surface area contributed by atoms with Crippen molar-refractivity contribution in [1.82, 2.24) is 0 Å². The van der Waals surface area contributed by atoms with Crippen molar-refractivity contribution in [3.8, 4) is 17.6 Å². The number of rotatable bonds is 4. The fraction of sp³-hybridized carbons (Fsp3) is 0.429. The molecule has 1 saturated carbocycles. The summed E-state index contributed by atoms with van der Waals surface area (Å²) >= 11 is 0. The maximum absolute atomic E-state index is 5.66. The van der Waals surface area contributed by atoms with Crippen LogP contribution in [0.3, 0.4) is 0 Å². The second-order valence-electron chi connectivity index (χ2n) is 4.04. The van der Waals surface area contributed by atoms with Gasteiger partial charge in [0.25, 0.3) is 0 Å². The lowest BCUT2D eigenvalue weighted by molar-refractivity contribution is 0.303. The van der Waals surface area contributed by atoms with Crippen LogP contribution in [0.2, 0.25) is 0 Å². The quantitative estimate of drug-likeness (QED) is 0.618. The Labute approximate surface area is 96.8 Å². The predicted molar refractivity (Wildman–Crippen MR) is 65.3 cm³/mol. The van der Waals surface area contributed by atoms with Crippen LogP contribution in [0.15, 0.2) is 24.3 Å². The monoisotopic (exact) mass is 215 g/mol. The molecule has 0 aliphatic heterocycles. The lowest BCUT2D eigenvalue weighted by Gasteiger charge is -2.02. The number of unbranched alkanes of at least 4 members (excludes halogenated alkanes) is 1. The van der Waals surface area contributed by atoms with Crippen LogP contribution < -0.4 is 10.5 Å². The first-order chi connectivity index (χ1) is 7.88. The van der Waals surface area contributed by atoms with Gasteiger partial charge in [0, 0.05) is 12.0 Å². The van der Waals surface area contributed by atoms with Gasteiger partial charge >= 0.3 is 0 Å². The molecule has 1 aliphatic carbocycles. The van der Waals surface area contributed by atoms with E-state index in [1.807, 2.05) is 24.3 Å². The largest absolute Gasteiger partial charge is 0.490 e. The smallest absolute Gasteiger partial charge is 0.119 e. The van der Waals surface area contributed by atoms with Gasteiger partial charge in [-0.05, 0) is 50.1 Å². The van der Waals surface area contributed by atoms with E-state index in [9.17, 15) is 0 Å². The molecule has 2 rings (SSSR count). The van der Waals surface area contributed by atoms with E-state index in [0.29, 0.717) is 12.6 Å². The minimum Gasteiger partial charge on any atom is -0.490 e. The topological polar surface area (TPSA) is 35.2 Å². The minimum atomic E-state index is 0.460. The summed E-state index contributed by atoms with van der Waals surface area (Å²) in [7, 11) is 0. The first-order valence-corrected chi connectivity index (χ1v) is 5.84. The molecule has 0 atom stereocenters. The molecule has 0 aromatic heterocycles. The lowest BCUT2D eigenvalue weighted by Crippen LogP contribution is -1.96. The van der Waals surface area contributed by atoms with Gasteiger partial charge in [-0.15, -0.1) is 0 Å². The fourth-order valence-electron chi connectivity index (χ4n) is 1.35. The zero-order valence-electron chi connectivity index (χ0n) is 9.41. The van der Waals surface area contributed by atoms with Crippen molar-refractivity contribution in [2.45, 2.75) is 31.8 Å². The first kappa shape index (κ1) is 11.0. The Hall–Kier alpha value is -1.46. The Morgan fingerprint density at radius 3 is 2.62 bits per heavy atom. The van der Waals surface area contributed by atoms with Gasteiger partial charge in [0.1, 0.15) is 5.75 Å². The van der Waals surface area contributed by atoms with Crippen molar-refractivity contribution in [3.63, 3.8) is 0 Å². The Bertz CT molecular complexity index is 381. The summed E-state index contributed by atoms with van der Waals surface area (Å²) in [5.74, 6) is 7.17. The highest BCUT2D eigenvalue weighted by Crippen LogP contribution is 2.26. The molecule has 0 bridgehead atoms. The fourth-order valence-corrected chi connectivity index (χ4v) is 1.35. The van der Waals surface area contributed by atoms with Gasteiger partial charge in [-0.2, -0.15) is 0 Å². The van der Waals surface area contributed by atoms with Crippen LogP contribution in [0.1, 0.15) is 31.2 Å². The lowest BCUT2D eigenvalue weighted by atomic mass is 10.2. The average molecular weight is 215 g/mol. The van der Waals surface area contributed by atoms with E-state index >= 15 is 0 Å². The molecule has 1 fully saturated rings. The van der Waals surface area contributed by atoms with Crippen molar-refractivity contribution in [3.05, 3.63) is 29.8 Å².